The van der Waals surface area contributed by atoms with E-state index in [1.807, 2.05) is 0 Å². The van der Waals surface area contributed by atoms with Crippen molar-refractivity contribution in [2.45, 2.75) is 0 Å². The zero-order valence-electron chi connectivity index (χ0n) is 5.67. The fourth-order valence-electron chi connectivity index (χ4n) is 0.348. The van der Waals surface area contributed by atoms with Crippen LogP contribution in [-0.2, 0) is 4.74 Å². The molecule has 1 rings (SSSR count). The standard InChI is InChI=1S/C3H5NO2.C2H7NO/c5-3-4-1-2-6-3;3-1-2-4/h1-2H2,(H,4,5);4H,1-3H2. The molecule has 10 heavy (non-hydrogen) atoms. The Morgan fingerprint density at radius 2 is 2.40 bits per heavy atom. The summed E-state index contributed by atoms with van der Waals surface area (Å²) in [6, 6.07) is 0. The van der Waals surface area contributed by atoms with Crippen molar-refractivity contribution in [3.05, 3.63) is 0 Å². The molecule has 0 atom stereocenters. The molecular weight excluding hydrogens is 136 g/mol. The Labute approximate surface area is 59.2 Å². The lowest BCUT2D eigenvalue weighted by atomic mass is 10.7. The lowest BCUT2D eigenvalue weighted by Gasteiger charge is -1.80. The van der Waals surface area contributed by atoms with Crippen LogP contribution in [0, 0.1) is 0 Å². The zero-order valence-corrected chi connectivity index (χ0v) is 5.67. The molecule has 5 heteroatoms. The molecule has 60 valence electrons. The maximum absolute atomic E-state index is 9.91. The highest BCUT2D eigenvalue weighted by Crippen LogP contribution is 1.82. The van der Waals surface area contributed by atoms with Gasteiger partial charge >= 0.3 is 6.09 Å². The SMILES string of the molecule is NCCO.O=C1NCCO1. The maximum Gasteiger partial charge on any atom is 0.407 e. The molecule has 0 saturated carbocycles. The fraction of sp³-hybridized carbons (Fsp3) is 0.800. The Morgan fingerprint density at radius 1 is 1.80 bits per heavy atom. The van der Waals surface area contributed by atoms with E-state index in [4.69, 9.17) is 10.8 Å². The van der Waals surface area contributed by atoms with Gasteiger partial charge in [-0.25, -0.2) is 4.79 Å². The molecule has 1 fully saturated rings. The second kappa shape index (κ2) is 6.31. The molecular formula is C5H12N2O3. The second-order valence-corrected chi connectivity index (χ2v) is 1.57. The summed E-state index contributed by atoms with van der Waals surface area (Å²) >= 11 is 0. The van der Waals surface area contributed by atoms with Gasteiger partial charge in [-0.2, -0.15) is 0 Å². The molecule has 1 aliphatic rings. The third-order valence-corrected chi connectivity index (χ3v) is 0.734. The van der Waals surface area contributed by atoms with Crippen LogP contribution >= 0.6 is 0 Å². The third-order valence-electron chi connectivity index (χ3n) is 0.734. The molecule has 0 aromatic carbocycles. The molecule has 0 bridgehead atoms. The molecule has 4 N–H and O–H groups in total. The monoisotopic (exact) mass is 148 g/mol. The van der Waals surface area contributed by atoms with E-state index in [0.29, 0.717) is 19.7 Å². The van der Waals surface area contributed by atoms with E-state index in [-0.39, 0.29) is 12.7 Å². The number of aliphatic hydroxyl groups excluding tert-OH is 1. The Morgan fingerprint density at radius 3 is 2.50 bits per heavy atom. The number of amides is 1. The lowest BCUT2D eigenvalue weighted by Crippen LogP contribution is -2.11. The Kier molecular flexibility index (Phi) is 5.80. The van der Waals surface area contributed by atoms with Crippen LogP contribution in [-0.4, -0.2) is 37.5 Å². The molecule has 0 radical (unpaired) electrons. The normalized spacial score (nSPS) is 14.8. The van der Waals surface area contributed by atoms with Gasteiger partial charge in [0.05, 0.1) is 13.2 Å². The van der Waals surface area contributed by atoms with Crippen LogP contribution in [0.4, 0.5) is 4.79 Å². The predicted octanol–water partition coefficient (Wildman–Crippen LogP) is -1.34. The molecule has 1 saturated heterocycles. The Balaban J connectivity index is 0.000000180. The second-order valence-electron chi connectivity index (χ2n) is 1.57. The van der Waals surface area contributed by atoms with Crippen molar-refractivity contribution in [2.75, 3.05) is 26.3 Å². The quantitative estimate of drug-likeness (QED) is 0.430. The summed E-state index contributed by atoms with van der Waals surface area (Å²) in [6.45, 7) is 1.66. The number of hydrogen-bond acceptors (Lipinski definition) is 4. The number of nitrogens with two attached hydrogens (primary N) is 1. The van der Waals surface area contributed by atoms with E-state index in [1.54, 1.807) is 0 Å². The molecule has 1 heterocycles. The van der Waals surface area contributed by atoms with Gasteiger partial charge in [-0.05, 0) is 0 Å². The number of alkyl carbamates (subject to hydrolysis) is 1. The minimum atomic E-state index is -0.296. The minimum absolute atomic E-state index is 0.0972. The number of hydrogen-bond donors (Lipinski definition) is 3. The molecule has 0 spiro atoms. The zero-order chi connectivity index (χ0) is 7.82. The van der Waals surface area contributed by atoms with Gasteiger partial charge in [0.15, 0.2) is 0 Å². The molecule has 0 aromatic heterocycles. The number of aliphatic hydroxyl groups is 1. The summed E-state index contributed by atoms with van der Waals surface area (Å²) in [6.07, 6.45) is -0.296. The van der Waals surface area contributed by atoms with Gasteiger partial charge in [-0.1, -0.05) is 0 Å². The van der Waals surface area contributed by atoms with Crippen molar-refractivity contribution in [1.82, 2.24) is 5.32 Å². The first-order valence-corrected chi connectivity index (χ1v) is 3.02. The Hall–Kier alpha value is -0.810. The van der Waals surface area contributed by atoms with Gasteiger partial charge in [-0.3, -0.25) is 0 Å². The first kappa shape index (κ1) is 9.19. The van der Waals surface area contributed by atoms with Crippen molar-refractivity contribution in [3.63, 3.8) is 0 Å². The van der Waals surface area contributed by atoms with Crippen LogP contribution in [0.25, 0.3) is 0 Å². The molecule has 0 aliphatic carbocycles. The van der Waals surface area contributed by atoms with Crippen LogP contribution < -0.4 is 11.1 Å². The van der Waals surface area contributed by atoms with Crippen molar-refractivity contribution in [1.29, 1.82) is 0 Å². The minimum Gasteiger partial charge on any atom is -0.448 e. The van der Waals surface area contributed by atoms with Crippen LogP contribution in [0.15, 0.2) is 0 Å². The van der Waals surface area contributed by atoms with E-state index in [0.717, 1.165) is 0 Å². The van der Waals surface area contributed by atoms with E-state index >= 15 is 0 Å². The third kappa shape index (κ3) is 5.33. The van der Waals surface area contributed by atoms with E-state index in [1.165, 1.54) is 0 Å². The highest BCUT2D eigenvalue weighted by molar-refractivity contribution is 5.68. The summed E-state index contributed by atoms with van der Waals surface area (Å²) in [5.74, 6) is 0. The number of ether oxygens (including phenoxy) is 1. The number of rotatable bonds is 1. The smallest absolute Gasteiger partial charge is 0.407 e. The first-order valence-electron chi connectivity index (χ1n) is 3.02. The summed E-state index contributed by atoms with van der Waals surface area (Å²) in [5.41, 5.74) is 4.78. The molecule has 1 aliphatic heterocycles. The van der Waals surface area contributed by atoms with Crippen LogP contribution in [0.5, 0.6) is 0 Å². The van der Waals surface area contributed by atoms with Gasteiger partial charge in [0, 0.05) is 6.54 Å². The van der Waals surface area contributed by atoms with E-state index in [2.05, 4.69) is 10.1 Å². The Bertz CT molecular complexity index is 86.9. The number of carbonyl (C=O) groups is 1. The average Bonchev–Trinajstić information content (AvgIpc) is 2.40. The molecule has 1 amide bonds. The van der Waals surface area contributed by atoms with Crippen molar-refractivity contribution >= 4 is 6.09 Å². The summed E-state index contributed by atoms with van der Waals surface area (Å²) in [4.78, 5) is 9.91. The van der Waals surface area contributed by atoms with E-state index in [9.17, 15) is 4.79 Å². The van der Waals surface area contributed by atoms with Crippen LogP contribution in [0.1, 0.15) is 0 Å². The summed E-state index contributed by atoms with van der Waals surface area (Å²) in [7, 11) is 0. The number of carbonyl (C=O) groups excluding carboxylic acids is 1. The van der Waals surface area contributed by atoms with Crippen LogP contribution in [0.2, 0.25) is 0 Å². The fourth-order valence-corrected chi connectivity index (χ4v) is 0.348. The largest absolute Gasteiger partial charge is 0.448 e. The van der Waals surface area contributed by atoms with Crippen molar-refractivity contribution in [3.8, 4) is 0 Å². The number of nitrogens with one attached hydrogen (secondary N) is 1. The van der Waals surface area contributed by atoms with Gasteiger partial charge in [0.1, 0.15) is 6.61 Å². The summed E-state index contributed by atoms with van der Waals surface area (Å²) in [5, 5.41) is 10.2. The first-order chi connectivity index (χ1) is 4.81. The van der Waals surface area contributed by atoms with Gasteiger partial charge in [-0.15, -0.1) is 0 Å². The maximum atomic E-state index is 9.91. The van der Waals surface area contributed by atoms with Crippen molar-refractivity contribution < 1.29 is 14.6 Å². The molecule has 0 unspecified atom stereocenters. The molecule has 5 nitrogen and oxygen atoms in total. The van der Waals surface area contributed by atoms with Gasteiger partial charge in [0.2, 0.25) is 0 Å². The van der Waals surface area contributed by atoms with Crippen LogP contribution in [0.3, 0.4) is 0 Å². The van der Waals surface area contributed by atoms with E-state index < -0.39 is 0 Å². The lowest BCUT2D eigenvalue weighted by molar-refractivity contribution is 0.178. The predicted molar refractivity (Wildman–Crippen MR) is 35.5 cm³/mol. The average molecular weight is 148 g/mol. The number of cyclic esters (lactones) is 1. The highest BCUT2D eigenvalue weighted by atomic mass is 16.6. The van der Waals surface area contributed by atoms with Gasteiger partial charge in [0.25, 0.3) is 0 Å². The molecule has 0 aromatic rings. The highest BCUT2D eigenvalue weighted by Gasteiger charge is 2.06. The van der Waals surface area contributed by atoms with Crippen molar-refractivity contribution in [2.24, 2.45) is 5.73 Å². The summed E-state index contributed by atoms with van der Waals surface area (Å²) < 4.78 is 4.40. The van der Waals surface area contributed by atoms with Gasteiger partial charge < -0.3 is 20.9 Å². The topological polar surface area (TPSA) is 84.6 Å².